The van der Waals surface area contributed by atoms with E-state index in [4.69, 9.17) is 14.6 Å². The molecule has 0 spiro atoms. The van der Waals surface area contributed by atoms with Gasteiger partial charge in [0.05, 0.1) is 24.9 Å². The van der Waals surface area contributed by atoms with Gasteiger partial charge in [-0.15, -0.1) is 0 Å². The van der Waals surface area contributed by atoms with E-state index in [9.17, 15) is 19.2 Å². The number of carbonyl (C=O) groups is 4. The summed E-state index contributed by atoms with van der Waals surface area (Å²) in [6, 6.07) is 35.0. The Morgan fingerprint density at radius 2 is 1.19 bits per heavy atom. The van der Waals surface area contributed by atoms with E-state index >= 15 is 0 Å². The van der Waals surface area contributed by atoms with Gasteiger partial charge >= 0.3 is 18.2 Å². The van der Waals surface area contributed by atoms with Gasteiger partial charge in [-0.1, -0.05) is 84.9 Å². The van der Waals surface area contributed by atoms with E-state index in [0.717, 1.165) is 30.3 Å². The van der Waals surface area contributed by atoms with Crippen molar-refractivity contribution in [3.8, 4) is 0 Å². The van der Waals surface area contributed by atoms with Crippen molar-refractivity contribution in [3.05, 3.63) is 139 Å². The molecule has 0 aromatic heterocycles. The van der Waals surface area contributed by atoms with Crippen LogP contribution in [0.5, 0.6) is 0 Å². The van der Waals surface area contributed by atoms with Crippen molar-refractivity contribution in [1.82, 2.24) is 10.2 Å². The van der Waals surface area contributed by atoms with Crippen molar-refractivity contribution in [3.63, 3.8) is 0 Å². The molecule has 2 aliphatic rings. The zero-order valence-electron chi connectivity index (χ0n) is 25.4. The molecule has 11 heteroatoms. The number of imide groups is 1. The summed E-state index contributed by atoms with van der Waals surface area (Å²) in [5, 5.41) is 11.2. The largest absolute Gasteiger partial charge is 0.481 e. The fraction of sp³-hybridized carbons (Fsp3) is 0.222. The van der Waals surface area contributed by atoms with Crippen LogP contribution in [0.3, 0.4) is 0 Å². The number of alkyl carbamates (subject to hydrolysis) is 1. The van der Waals surface area contributed by atoms with E-state index in [1.54, 1.807) is 0 Å². The van der Waals surface area contributed by atoms with Crippen LogP contribution in [0.25, 0.3) is 0 Å². The third kappa shape index (κ3) is 12.3. The standard InChI is InChI=1S/C18H16INO3.C10H11NO2.C8H7IO2/c19-15-8-6-14(7-9-15)11-17(21)20-16(12-23-18(20)22)10-13-4-2-1-3-5-13;12-10-11-9(7-13-10)6-8-4-2-1-3-5-8;9-7-3-1-6(2-4-7)5-8(10)11/h1-9,16H,10-12H2;1-5,9H,6-7H2,(H,11,12);1-4H,5H2,(H,10,11)/t16-;9-;/m00./s1. The molecule has 6 rings (SSSR count). The summed E-state index contributed by atoms with van der Waals surface area (Å²) in [4.78, 5) is 46.7. The highest BCUT2D eigenvalue weighted by molar-refractivity contribution is 14.1. The monoisotopic (exact) mass is 860 g/mol. The quantitative estimate of drug-likeness (QED) is 0.190. The molecule has 4 aromatic rings. The van der Waals surface area contributed by atoms with Crippen molar-refractivity contribution >= 4 is 69.2 Å². The van der Waals surface area contributed by atoms with E-state index in [1.165, 1.54) is 10.5 Å². The van der Waals surface area contributed by atoms with Gasteiger partial charge < -0.3 is 19.9 Å². The van der Waals surface area contributed by atoms with Crippen molar-refractivity contribution < 1.29 is 33.8 Å². The molecular weight excluding hydrogens is 826 g/mol. The number of carboxylic acids is 1. The van der Waals surface area contributed by atoms with E-state index in [2.05, 4.69) is 50.5 Å². The van der Waals surface area contributed by atoms with Crippen molar-refractivity contribution in [2.75, 3.05) is 13.2 Å². The Morgan fingerprint density at radius 1 is 0.681 bits per heavy atom. The number of aliphatic carboxylic acids is 1. The first-order valence-electron chi connectivity index (χ1n) is 14.9. The number of carbonyl (C=O) groups excluding carboxylic acids is 3. The van der Waals surface area contributed by atoms with Gasteiger partial charge in [0.2, 0.25) is 5.91 Å². The van der Waals surface area contributed by atoms with Gasteiger partial charge in [0.15, 0.2) is 0 Å². The molecule has 0 radical (unpaired) electrons. The predicted octanol–water partition coefficient (Wildman–Crippen LogP) is 6.68. The van der Waals surface area contributed by atoms with E-state index in [0.29, 0.717) is 13.0 Å². The lowest BCUT2D eigenvalue weighted by molar-refractivity contribution is -0.136. The summed E-state index contributed by atoms with van der Waals surface area (Å²) in [5.74, 6) is -0.999. The molecule has 2 atom stereocenters. The minimum Gasteiger partial charge on any atom is -0.481 e. The molecule has 2 aliphatic heterocycles. The van der Waals surface area contributed by atoms with Crippen LogP contribution in [0, 0.1) is 7.14 Å². The van der Waals surface area contributed by atoms with Crippen LogP contribution in [-0.2, 0) is 44.7 Å². The maximum absolute atomic E-state index is 12.5. The number of benzene rings is 4. The number of nitrogens with one attached hydrogen (secondary N) is 1. The second-order valence-corrected chi connectivity index (χ2v) is 13.3. The van der Waals surface area contributed by atoms with Gasteiger partial charge in [-0.25, -0.2) is 14.5 Å². The third-order valence-corrected chi connectivity index (χ3v) is 8.58. The van der Waals surface area contributed by atoms with Gasteiger partial charge in [0, 0.05) is 7.14 Å². The molecule has 2 N–H and O–H groups in total. The van der Waals surface area contributed by atoms with Gasteiger partial charge in [-0.3, -0.25) is 9.59 Å². The molecule has 244 valence electrons. The summed E-state index contributed by atoms with van der Waals surface area (Å²) in [6.45, 7) is 0.736. The van der Waals surface area contributed by atoms with E-state index < -0.39 is 12.1 Å². The number of hydrogen-bond acceptors (Lipinski definition) is 6. The van der Waals surface area contributed by atoms with Gasteiger partial charge in [-0.2, -0.15) is 0 Å². The minimum atomic E-state index is -0.786. The predicted molar refractivity (Wildman–Crippen MR) is 194 cm³/mol. The highest BCUT2D eigenvalue weighted by Gasteiger charge is 2.37. The Labute approximate surface area is 300 Å². The average molecular weight is 860 g/mol. The number of carboxylic acid groups (broad SMARTS) is 1. The summed E-state index contributed by atoms with van der Waals surface area (Å²) in [6.07, 6.45) is 0.925. The number of amides is 3. The van der Waals surface area contributed by atoms with Gasteiger partial charge in [0.1, 0.15) is 13.2 Å². The lowest BCUT2D eigenvalue weighted by Gasteiger charge is -2.19. The molecule has 9 nitrogen and oxygen atoms in total. The number of nitrogens with zero attached hydrogens (tertiary/aromatic N) is 1. The molecular formula is C36H34I2N2O7. The molecule has 0 unspecified atom stereocenters. The van der Waals surface area contributed by atoms with Gasteiger partial charge in [0.25, 0.3) is 0 Å². The third-order valence-electron chi connectivity index (χ3n) is 7.14. The molecule has 2 heterocycles. The van der Waals surface area contributed by atoms with Crippen molar-refractivity contribution in [2.45, 2.75) is 37.8 Å². The highest BCUT2D eigenvalue weighted by atomic mass is 127. The second kappa shape index (κ2) is 18.4. The van der Waals surface area contributed by atoms with Crippen LogP contribution in [0.15, 0.2) is 109 Å². The number of rotatable bonds is 8. The number of ether oxygens (including phenoxy) is 2. The normalized spacial score (nSPS) is 16.4. The lowest BCUT2D eigenvalue weighted by Crippen LogP contribution is -2.41. The topological polar surface area (TPSA) is 122 Å². The lowest BCUT2D eigenvalue weighted by atomic mass is 10.0. The Balaban J connectivity index is 0.000000176. The molecule has 47 heavy (non-hydrogen) atoms. The fourth-order valence-electron chi connectivity index (χ4n) is 4.88. The average Bonchev–Trinajstić information content (AvgIpc) is 3.64. The number of cyclic esters (lactones) is 2. The summed E-state index contributed by atoms with van der Waals surface area (Å²) in [7, 11) is 0. The smallest absolute Gasteiger partial charge is 0.416 e. The van der Waals surface area contributed by atoms with Crippen LogP contribution < -0.4 is 5.32 Å². The Hall–Kier alpha value is -3.98. The maximum Gasteiger partial charge on any atom is 0.416 e. The van der Waals surface area contributed by atoms with Crippen LogP contribution >= 0.6 is 45.2 Å². The molecule has 0 bridgehead atoms. The molecule has 4 aromatic carbocycles. The summed E-state index contributed by atoms with van der Waals surface area (Å²) < 4.78 is 12.1. The molecule has 2 saturated heterocycles. The van der Waals surface area contributed by atoms with Crippen LogP contribution in [-0.4, -0.2) is 59.4 Å². The second-order valence-electron chi connectivity index (χ2n) is 10.8. The van der Waals surface area contributed by atoms with Crippen LogP contribution in [0.2, 0.25) is 0 Å². The van der Waals surface area contributed by atoms with Crippen LogP contribution in [0.1, 0.15) is 22.3 Å². The zero-order chi connectivity index (χ0) is 33.6. The minimum absolute atomic E-state index is 0.108. The molecule has 2 fully saturated rings. The first kappa shape index (κ1) is 35.9. The zero-order valence-corrected chi connectivity index (χ0v) is 29.7. The highest BCUT2D eigenvalue weighted by Crippen LogP contribution is 2.19. The SMILES string of the molecule is O=C(Cc1ccc(I)cc1)N1C(=O)OC[C@@H]1Cc1ccccc1.O=C(O)Cc1ccc(I)cc1.O=C1N[C@@H](Cc2ccccc2)CO1. The molecule has 3 amide bonds. The molecule has 0 aliphatic carbocycles. The summed E-state index contributed by atoms with van der Waals surface area (Å²) in [5.41, 5.74) is 4.05. The van der Waals surface area contributed by atoms with E-state index in [1.807, 2.05) is 109 Å². The number of hydrogen-bond donors (Lipinski definition) is 2. The van der Waals surface area contributed by atoms with Gasteiger partial charge in [-0.05, 0) is 105 Å². The van der Waals surface area contributed by atoms with Crippen molar-refractivity contribution in [2.24, 2.45) is 0 Å². The Morgan fingerprint density at radius 3 is 1.68 bits per heavy atom. The van der Waals surface area contributed by atoms with Crippen molar-refractivity contribution in [1.29, 1.82) is 0 Å². The van der Waals surface area contributed by atoms with E-state index in [-0.39, 0.29) is 43.5 Å². The van der Waals surface area contributed by atoms with Crippen LogP contribution in [0.4, 0.5) is 9.59 Å². The Kier molecular flexibility index (Phi) is 14.0. The summed E-state index contributed by atoms with van der Waals surface area (Å²) >= 11 is 4.40. The number of halogens is 2. The fourth-order valence-corrected chi connectivity index (χ4v) is 5.60. The first-order chi connectivity index (χ1) is 22.7. The maximum atomic E-state index is 12.5. The molecule has 0 saturated carbocycles. The Bertz CT molecular complexity index is 1620. The first-order valence-corrected chi connectivity index (χ1v) is 17.0.